The fraction of sp³-hybridized carbons (Fsp3) is 0.571. The predicted octanol–water partition coefficient (Wildman–Crippen LogP) is 1.43. The Morgan fingerprint density at radius 3 is 2.60 bits per heavy atom. The Bertz CT molecular complexity index is 522. The third-order valence-corrected chi connectivity index (χ3v) is 5.61. The maximum atomic E-state index is 12.3. The van der Waals surface area contributed by atoms with Crippen molar-refractivity contribution in [3.8, 4) is 5.75 Å². The number of rotatable bonds is 5. The molecule has 1 heterocycles. The molecule has 2 rings (SSSR count). The molecule has 2 unspecified atom stereocenters. The maximum absolute atomic E-state index is 12.3. The van der Waals surface area contributed by atoms with Crippen molar-refractivity contribution in [3.63, 3.8) is 0 Å². The largest absolute Gasteiger partial charge is 0.497 e. The molecule has 2 atom stereocenters. The molecule has 2 N–H and O–H groups in total. The first-order valence-electron chi connectivity index (χ1n) is 6.89. The normalized spacial score (nSPS) is 21.4. The lowest BCUT2D eigenvalue weighted by atomic mass is 10.1. The summed E-state index contributed by atoms with van der Waals surface area (Å²) < 4.78 is 32.5. The number of hydrogen-bond donors (Lipinski definition) is 2. The van der Waals surface area contributed by atoms with E-state index in [2.05, 4.69) is 10.0 Å². The highest BCUT2D eigenvalue weighted by atomic mass is 32.2. The van der Waals surface area contributed by atoms with Crippen LogP contribution in [0.3, 0.4) is 0 Å². The van der Waals surface area contributed by atoms with Crippen molar-refractivity contribution in [1.29, 1.82) is 0 Å². The van der Waals surface area contributed by atoms with Gasteiger partial charge in [-0.25, -0.2) is 13.1 Å². The lowest BCUT2D eigenvalue weighted by Crippen LogP contribution is -2.44. The fourth-order valence-corrected chi connectivity index (χ4v) is 4.02. The Labute approximate surface area is 120 Å². The second-order valence-electron chi connectivity index (χ2n) is 5.13. The highest BCUT2D eigenvalue weighted by Crippen LogP contribution is 2.20. The Morgan fingerprint density at radius 1 is 1.35 bits per heavy atom. The van der Waals surface area contributed by atoms with E-state index in [1.54, 1.807) is 7.11 Å². The van der Waals surface area contributed by atoms with Gasteiger partial charge in [-0.2, -0.15) is 0 Å². The summed E-state index contributed by atoms with van der Waals surface area (Å²) in [7, 11) is -1.68. The number of piperidine rings is 1. The molecule has 1 aliphatic rings. The predicted molar refractivity (Wildman–Crippen MR) is 79.4 cm³/mol. The number of nitrogens with one attached hydrogen (secondary N) is 2. The zero-order chi connectivity index (χ0) is 14.6. The van der Waals surface area contributed by atoms with E-state index in [4.69, 9.17) is 4.74 Å². The van der Waals surface area contributed by atoms with Crippen LogP contribution >= 0.6 is 0 Å². The Hall–Kier alpha value is -1.11. The zero-order valence-corrected chi connectivity index (χ0v) is 12.7. The topological polar surface area (TPSA) is 67.4 Å². The summed E-state index contributed by atoms with van der Waals surface area (Å²) in [6.45, 7) is 3.29. The fourth-order valence-electron chi connectivity index (χ4n) is 2.39. The van der Waals surface area contributed by atoms with Crippen molar-refractivity contribution in [2.45, 2.75) is 31.1 Å². The van der Waals surface area contributed by atoms with E-state index < -0.39 is 10.0 Å². The number of hydrogen-bond acceptors (Lipinski definition) is 4. The quantitative estimate of drug-likeness (QED) is 0.863. The van der Waals surface area contributed by atoms with Crippen molar-refractivity contribution in [2.75, 3.05) is 20.2 Å². The number of ether oxygens (including phenoxy) is 1. The molecule has 20 heavy (non-hydrogen) atoms. The molecule has 1 aliphatic heterocycles. The molecule has 5 nitrogen and oxygen atoms in total. The molecule has 112 valence electrons. The molecule has 0 spiro atoms. The van der Waals surface area contributed by atoms with Crippen LogP contribution in [0.5, 0.6) is 5.75 Å². The van der Waals surface area contributed by atoms with E-state index in [0.717, 1.165) is 30.7 Å². The van der Waals surface area contributed by atoms with E-state index in [1.807, 2.05) is 31.2 Å². The van der Waals surface area contributed by atoms with Gasteiger partial charge in [0.1, 0.15) is 5.75 Å². The van der Waals surface area contributed by atoms with Gasteiger partial charge in [-0.05, 0) is 44.0 Å². The molecule has 0 bridgehead atoms. The van der Waals surface area contributed by atoms with E-state index in [0.29, 0.717) is 6.54 Å². The van der Waals surface area contributed by atoms with Crippen molar-refractivity contribution in [2.24, 2.45) is 0 Å². The standard InChI is InChI=1S/C14H22N2O3S/c1-11(12-5-7-13(19-2)8-6-12)16-20(17,18)14-4-3-9-15-10-14/h5-8,11,14-16H,3-4,9-10H2,1-2H3. The molecule has 1 fully saturated rings. The van der Waals surface area contributed by atoms with Gasteiger partial charge in [-0.1, -0.05) is 12.1 Å². The Kier molecular flexibility index (Phi) is 5.01. The molecule has 0 amide bonds. The van der Waals surface area contributed by atoms with Crippen molar-refractivity contribution >= 4 is 10.0 Å². The molecule has 0 radical (unpaired) electrons. The average Bonchev–Trinajstić information content (AvgIpc) is 2.48. The van der Waals surface area contributed by atoms with Crippen LogP contribution in [0.1, 0.15) is 31.4 Å². The third kappa shape index (κ3) is 3.71. The van der Waals surface area contributed by atoms with Gasteiger partial charge >= 0.3 is 0 Å². The minimum Gasteiger partial charge on any atom is -0.497 e. The number of sulfonamides is 1. The Morgan fingerprint density at radius 2 is 2.05 bits per heavy atom. The second kappa shape index (κ2) is 6.56. The van der Waals surface area contributed by atoms with Gasteiger partial charge in [-0.15, -0.1) is 0 Å². The summed E-state index contributed by atoms with van der Waals surface area (Å²) in [6.07, 6.45) is 1.63. The highest BCUT2D eigenvalue weighted by molar-refractivity contribution is 7.90. The summed E-state index contributed by atoms with van der Waals surface area (Å²) in [6, 6.07) is 7.19. The van der Waals surface area contributed by atoms with Gasteiger partial charge in [0.2, 0.25) is 10.0 Å². The van der Waals surface area contributed by atoms with Crippen LogP contribution in [-0.4, -0.2) is 33.9 Å². The molecule has 1 saturated heterocycles. The van der Waals surface area contributed by atoms with Crippen LogP contribution in [0, 0.1) is 0 Å². The van der Waals surface area contributed by atoms with Crippen molar-refractivity contribution < 1.29 is 13.2 Å². The zero-order valence-electron chi connectivity index (χ0n) is 11.9. The molecule has 0 aromatic heterocycles. The molecule has 1 aromatic carbocycles. The lowest BCUT2D eigenvalue weighted by molar-refractivity contribution is 0.414. The van der Waals surface area contributed by atoms with E-state index in [9.17, 15) is 8.42 Å². The van der Waals surface area contributed by atoms with Crippen LogP contribution in [0.4, 0.5) is 0 Å². The van der Waals surface area contributed by atoms with Crippen LogP contribution in [-0.2, 0) is 10.0 Å². The third-order valence-electron chi connectivity index (χ3n) is 3.65. The van der Waals surface area contributed by atoms with Crippen LogP contribution in [0.15, 0.2) is 24.3 Å². The summed E-state index contributed by atoms with van der Waals surface area (Å²) in [5, 5.41) is 2.80. The Balaban J connectivity index is 2.03. The highest BCUT2D eigenvalue weighted by Gasteiger charge is 2.28. The van der Waals surface area contributed by atoms with Crippen LogP contribution in [0.2, 0.25) is 0 Å². The maximum Gasteiger partial charge on any atom is 0.216 e. The molecule has 1 aromatic rings. The molecular formula is C14H22N2O3S. The lowest BCUT2D eigenvalue weighted by Gasteiger charge is -2.25. The number of benzene rings is 1. The van der Waals surface area contributed by atoms with Crippen molar-refractivity contribution in [3.05, 3.63) is 29.8 Å². The van der Waals surface area contributed by atoms with E-state index in [-0.39, 0.29) is 11.3 Å². The minimum absolute atomic E-state index is 0.243. The average molecular weight is 298 g/mol. The smallest absolute Gasteiger partial charge is 0.216 e. The van der Waals surface area contributed by atoms with Crippen LogP contribution < -0.4 is 14.8 Å². The second-order valence-corrected chi connectivity index (χ2v) is 7.12. The molecule has 0 aliphatic carbocycles. The molecule has 6 heteroatoms. The minimum atomic E-state index is -3.29. The first-order chi connectivity index (χ1) is 9.53. The summed E-state index contributed by atoms with van der Waals surface area (Å²) in [5.74, 6) is 0.764. The monoisotopic (exact) mass is 298 g/mol. The van der Waals surface area contributed by atoms with Crippen molar-refractivity contribution in [1.82, 2.24) is 10.0 Å². The van der Waals surface area contributed by atoms with Gasteiger partial charge in [0.05, 0.1) is 12.4 Å². The molecule has 0 saturated carbocycles. The van der Waals surface area contributed by atoms with Gasteiger partial charge in [0, 0.05) is 12.6 Å². The SMILES string of the molecule is COc1ccc(C(C)NS(=O)(=O)C2CCCNC2)cc1. The van der Waals surface area contributed by atoms with Gasteiger partial charge in [-0.3, -0.25) is 0 Å². The van der Waals surface area contributed by atoms with Crippen LogP contribution in [0.25, 0.3) is 0 Å². The van der Waals surface area contributed by atoms with Gasteiger partial charge < -0.3 is 10.1 Å². The molecular weight excluding hydrogens is 276 g/mol. The van der Waals surface area contributed by atoms with E-state index >= 15 is 0 Å². The summed E-state index contributed by atoms with van der Waals surface area (Å²) in [5.41, 5.74) is 0.929. The number of methoxy groups -OCH3 is 1. The van der Waals surface area contributed by atoms with E-state index in [1.165, 1.54) is 0 Å². The van der Waals surface area contributed by atoms with Gasteiger partial charge in [0.15, 0.2) is 0 Å². The summed E-state index contributed by atoms with van der Waals surface area (Å²) >= 11 is 0. The first-order valence-corrected chi connectivity index (χ1v) is 8.43. The van der Waals surface area contributed by atoms with Gasteiger partial charge in [0.25, 0.3) is 0 Å². The summed E-state index contributed by atoms with van der Waals surface area (Å²) in [4.78, 5) is 0. The first kappa shape index (κ1) is 15.3.